The summed E-state index contributed by atoms with van der Waals surface area (Å²) in [6, 6.07) is 80.2. The maximum Gasteiger partial charge on any atom is 0.136 e. The van der Waals surface area contributed by atoms with E-state index in [1.165, 1.54) is 44.5 Å². The molecule has 1 aromatic heterocycles. The van der Waals surface area contributed by atoms with Crippen molar-refractivity contribution in [1.29, 1.82) is 0 Å². The van der Waals surface area contributed by atoms with Crippen LogP contribution in [0, 0.1) is 0 Å². The van der Waals surface area contributed by atoms with Crippen LogP contribution in [0.2, 0.25) is 0 Å². The highest BCUT2D eigenvalue weighted by Crippen LogP contribution is 2.48. The van der Waals surface area contributed by atoms with Gasteiger partial charge in [-0.2, -0.15) is 0 Å². The molecule has 56 heavy (non-hydrogen) atoms. The van der Waals surface area contributed by atoms with E-state index in [-0.39, 0.29) is 0 Å². The number of para-hydroxylation sites is 1. The molecule has 0 N–H and O–H groups in total. The molecule has 0 fully saturated rings. The zero-order chi connectivity index (χ0) is 37.3. The molecule has 10 aromatic rings. The maximum absolute atomic E-state index is 6.27. The first-order chi connectivity index (χ1) is 27.8. The van der Waals surface area contributed by atoms with Crippen molar-refractivity contribution in [3.05, 3.63) is 224 Å². The quantitative estimate of drug-likeness (QED) is 0.156. The van der Waals surface area contributed by atoms with Crippen LogP contribution in [0.3, 0.4) is 0 Å². The van der Waals surface area contributed by atoms with Crippen LogP contribution in [-0.4, -0.2) is 0 Å². The van der Waals surface area contributed by atoms with Gasteiger partial charge in [-0.1, -0.05) is 176 Å². The molecular weight excluding hydrogens is 679 g/mol. The molecule has 1 heterocycles. The lowest BCUT2D eigenvalue weighted by Gasteiger charge is -2.30. The predicted molar refractivity (Wildman–Crippen MR) is 236 cm³/mol. The fourth-order valence-corrected chi connectivity index (χ4v) is 8.01. The van der Waals surface area contributed by atoms with Gasteiger partial charge in [0.2, 0.25) is 0 Å². The Morgan fingerprint density at radius 2 is 0.750 bits per heavy atom. The summed E-state index contributed by atoms with van der Waals surface area (Å²) < 4.78 is 6.27. The third-order valence-electron chi connectivity index (χ3n) is 10.7. The standard InChI is InChI=1S/C54H37NO/c1-4-15-38(16-5-1)39-27-32-44(33-28-39)55(45-34-29-40(30-35-45)43-31-36-49-48-22-12-13-26-52(48)56-53(49)37-43)51-25-14-24-47(42-19-8-3-9-20-42)54(51)50-23-11-10-21-46(50)41-17-6-2-7-18-41/h1-37H. The number of nitrogens with zero attached hydrogens (tertiary/aromatic N) is 1. The summed E-state index contributed by atoms with van der Waals surface area (Å²) in [6.45, 7) is 0. The summed E-state index contributed by atoms with van der Waals surface area (Å²) in [4.78, 5) is 2.41. The van der Waals surface area contributed by atoms with Gasteiger partial charge < -0.3 is 9.32 Å². The van der Waals surface area contributed by atoms with Crippen molar-refractivity contribution in [2.75, 3.05) is 4.90 Å². The number of hydrogen-bond donors (Lipinski definition) is 0. The van der Waals surface area contributed by atoms with Crippen LogP contribution in [0.15, 0.2) is 229 Å². The highest BCUT2D eigenvalue weighted by Gasteiger charge is 2.23. The van der Waals surface area contributed by atoms with Crippen molar-refractivity contribution >= 4 is 39.0 Å². The van der Waals surface area contributed by atoms with E-state index in [1.54, 1.807) is 0 Å². The Morgan fingerprint density at radius 1 is 0.286 bits per heavy atom. The minimum atomic E-state index is 0.896. The highest BCUT2D eigenvalue weighted by molar-refractivity contribution is 6.06. The van der Waals surface area contributed by atoms with E-state index < -0.39 is 0 Å². The molecule has 0 amide bonds. The lowest BCUT2D eigenvalue weighted by Crippen LogP contribution is -2.12. The van der Waals surface area contributed by atoms with Gasteiger partial charge in [0.1, 0.15) is 11.2 Å². The zero-order valence-electron chi connectivity index (χ0n) is 30.7. The second-order valence-corrected chi connectivity index (χ2v) is 14.1. The molecule has 0 aliphatic rings. The first kappa shape index (κ1) is 33.2. The predicted octanol–water partition coefficient (Wildman–Crippen LogP) is 15.4. The van der Waals surface area contributed by atoms with Crippen molar-refractivity contribution < 1.29 is 4.42 Å². The van der Waals surface area contributed by atoms with E-state index in [4.69, 9.17) is 4.42 Å². The monoisotopic (exact) mass is 715 g/mol. The van der Waals surface area contributed by atoms with Crippen molar-refractivity contribution in [3.63, 3.8) is 0 Å². The summed E-state index contributed by atoms with van der Waals surface area (Å²) >= 11 is 0. The molecular formula is C54H37NO. The fraction of sp³-hybridized carbons (Fsp3) is 0. The molecule has 0 atom stereocenters. The van der Waals surface area contributed by atoms with Crippen LogP contribution in [0.4, 0.5) is 17.1 Å². The molecule has 0 saturated heterocycles. The van der Waals surface area contributed by atoms with Gasteiger partial charge in [-0.3, -0.25) is 0 Å². The van der Waals surface area contributed by atoms with E-state index in [2.05, 4.69) is 217 Å². The van der Waals surface area contributed by atoms with Gasteiger partial charge in [0.15, 0.2) is 0 Å². The fourth-order valence-electron chi connectivity index (χ4n) is 8.01. The van der Waals surface area contributed by atoms with E-state index in [0.717, 1.165) is 50.1 Å². The second kappa shape index (κ2) is 14.4. The smallest absolute Gasteiger partial charge is 0.136 e. The van der Waals surface area contributed by atoms with Gasteiger partial charge in [0.05, 0.1) is 5.69 Å². The van der Waals surface area contributed by atoms with Crippen LogP contribution < -0.4 is 4.90 Å². The summed E-state index contributed by atoms with van der Waals surface area (Å²) in [5.74, 6) is 0. The van der Waals surface area contributed by atoms with Crippen LogP contribution in [0.25, 0.3) is 77.6 Å². The first-order valence-corrected chi connectivity index (χ1v) is 19.1. The topological polar surface area (TPSA) is 16.4 Å². The number of benzene rings is 9. The lowest BCUT2D eigenvalue weighted by atomic mass is 9.87. The number of fused-ring (bicyclic) bond motifs is 3. The normalized spacial score (nSPS) is 11.2. The molecule has 0 aliphatic carbocycles. The van der Waals surface area contributed by atoms with Crippen molar-refractivity contribution in [2.24, 2.45) is 0 Å². The molecule has 2 nitrogen and oxygen atoms in total. The molecule has 0 radical (unpaired) electrons. The molecule has 0 saturated carbocycles. The van der Waals surface area contributed by atoms with Crippen LogP contribution in [0.5, 0.6) is 0 Å². The van der Waals surface area contributed by atoms with Gasteiger partial charge >= 0.3 is 0 Å². The van der Waals surface area contributed by atoms with Gasteiger partial charge in [0, 0.05) is 27.7 Å². The van der Waals surface area contributed by atoms with Crippen LogP contribution >= 0.6 is 0 Å². The second-order valence-electron chi connectivity index (χ2n) is 14.1. The maximum atomic E-state index is 6.27. The SMILES string of the molecule is c1ccc(-c2ccc(N(c3ccc(-c4ccc5c(c4)oc4ccccc45)cc3)c3cccc(-c4ccccc4)c3-c3ccccc3-c3ccccc3)cc2)cc1. The average molecular weight is 716 g/mol. The lowest BCUT2D eigenvalue weighted by molar-refractivity contribution is 0.669. The molecule has 264 valence electrons. The van der Waals surface area contributed by atoms with Gasteiger partial charge in [-0.15, -0.1) is 0 Å². The van der Waals surface area contributed by atoms with E-state index in [1.807, 2.05) is 12.1 Å². The summed E-state index contributed by atoms with van der Waals surface area (Å²) in [5.41, 5.74) is 16.7. The van der Waals surface area contributed by atoms with E-state index in [9.17, 15) is 0 Å². The highest BCUT2D eigenvalue weighted by atomic mass is 16.3. The van der Waals surface area contributed by atoms with E-state index in [0.29, 0.717) is 0 Å². The molecule has 10 rings (SSSR count). The van der Waals surface area contributed by atoms with Crippen LogP contribution in [0.1, 0.15) is 0 Å². The van der Waals surface area contributed by atoms with Crippen LogP contribution in [-0.2, 0) is 0 Å². The Balaban J connectivity index is 1.16. The van der Waals surface area contributed by atoms with E-state index >= 15 is 0 Å². The molecule has 0 bridgehead atoms. The Labute approximate surface area is 327 Å². The largest absolute Gasteiger partial charge is 0.456 e. The van der Waals surface area contributed by atoms with Crippen molar-refractivity contribution in [1.82, 2.24) is 0 Å². The van der Waals surface area contributed by atoms with Gasteiger partial charge in [-0.05, 0) is 98.6 Å². The summed E-state index contributed by atoms with van der Waals surface area (Å²) in [5, 5.41) is 2.27. The third-order valence-corrected chi connectivity index (χ3v) is 10.7. The van der Waals surface area contributed by atoms with Gasteiger partial charge in [-0.25, -0.2) is 0 Å². The molecule has 0 spiro atoms. The number of hydrogen-bond acceptors (Lipinski definition) is 2. The summed E-state index contributed by atoms with van der Waals surface area (Å²) in [6.07, 6.45) is 0. The van der Waals surface area contributed by atoms with Crippen molar-refractivity contribution in [2.45, 2.75) is 0 Å². The zero-order valence-corrected chi connectivity index (χ0v) is 30.7. The van der Waals surface area contributed by atoms with Crippen molar-refractivity contribution in [3.8, 4) is 55.6 Å². The first-order valence-electron chi connectivity index (χ1n) is 19.1. The summed E-state index contributed by atoms with van der Waals surface area (Å²) in [7, 11) is 0. The average Bonchev–Trinajstić information content (AvgIpc) is 3.66. The number of rotatable bonds is 8. The Bertz CT molecular complexity index is 2930. The number of anilines is 3. The Morgan fingerprint density at radius 3 is 1.41 bits per heavy atom. The minimum Gasteiger partial charge on any atom is -0.456 e. The third kappa shape index (κ3) is 6.14. The molecule has 0 unspecified atom stereocenters. The molecule has 0 aliphatic heterocycles. The minimum absolute atomic E-state index is 0.896. The Hall–Kier alpha value is -7.42. The van der Waals surface area contributed by atoms with Gasteiger partial charge in [0.25, 0.3) is 0 Å². The molecule has 2 heteroatoms. The number of furan rings is 1. The molecule has 9 aromatic carbocycles. The Kier molecular flexibility index (Phi) is 8.55.